The van der Waals surface area contributed by atoms with E-state index in [0.717, 1.165) is 58.7 Å². The summed E-state index contributed by atoms with van der Waals surface area (Å²) in [6.07, 6.45) is 9.82. The Morgan fingerprint density at radius 1 is 1.00 bits per heavy atom. The number of anilines is 3. The number of carbonyl (C=O) groups excluding carboxylic acids is 2. The minimum Gasteiger partial charge on any atom is -0.493 e. The predicted molar refractivity (Wildman–Crippen MR) is 266 cm³/mol. The molecule has 6 aliphatic rings. The van der Waals surface area contributed by atoms with Gasteiger partial charge in [-0.25, -0.2) is 0 Å². The number of aliphatic hydroxyl groups is 1. The highest BCUT2D eigenvalue weighted by Gasteiger charge is 2.60. The second-order valence-electron chi connectivity index (χ2n) is 19.7. The van der Waals surface area contributed by atoms with E-state index < -0.39 is 0 Å². The van der Waals surface area contributed by atoms with Crippen LogP contribution in [0.3, 0.4) is 0 Å². The molecule has 12 nitrogen and oxygen atoms in total. The number of rotatable bonds is 16. The number of hydrogen-bond donors (Lipinski definition) is 3. The van der Waals surface area contributed by atoms with Crippen molar-refractivity contribution in [1.82, 2.24) is 4.90 Å². The summed E-state index contributed by atoms with van der Waals surface area (Å²) < 4.78 is 24.8. The first-order valence-electron chi connectivity index (χ1n) is 23.6. The van der Waals surface area contributed by atoms with Crippen LogP contribution in [0, 0.1) is 23.7 Å². The quantitative estimate of drug-likeness (QED) is 0.0745. The number of amides is 2. The van der Waals surface area contributed by atoms with E-state index in [-0.39, 0.29) is 60.5 Å². The minimum atomic E-state index is -0.189. The molecule has 3 aliphatic heterocycles. The van der Waals surface area contributed by atoms with Crippen molar-refractivity contribution in [3.05, 3.63) is 118 Å². The maximum atomic E-state index is 14.4. The van der Waals surface area contributed by atoms with E-state index >= 15 is 0 Å². The number of benzene rings is 4. The number of carbonyl (C=O) groups is 2. The van der Waals surface area contributed by atoms with Crippen LogP contribution in [0.25, 0.3) is 0 Å². The molecule has 4 aromatic rings. The summed E-state index contributed by atoms with van der Waals surface area (Å²) in [5.74, 6) is 3.16. The molecule has 10 rings (SSSR count). The number of thiol groups is 1. The Hall–Kier alpha value is -5.92. The van der Waals surface area contributed by atoms with E-state index in [2.05, 4.69) is 86.0 Å². The van der Waals surface area contributed by atoms with Gasteiger partial charge in [0, 0.05) is 71.1 Å². The summed E-state index contributed by atoms with van der Waals surface area (Å²) in [6, 6.07) is 21.9. The van der Waals surface area contributed by atoms with Gasteiger partial charge < -0.3 is 44.1 Å². The van der Waals surface area contributed by atoms with Crippen molar-refractivity contribution >= 4 is 53.9 Å². The van der Waals surface area contributed by atoms with Gasteiger partial charge in [-0.05, 0) is 116 Å². The Balaban J connectivity index is 0.952. The number of nitrogens with one attached hydrogen (secondary N) is 1. The van der Waals surface area contributed by atoms with Crippen molar-refractivity contribution in [1.29, 1.82) is 0 Å². The second-order valence-corrected chi connectivity index (χ2v) is 20.8. The van der Waals surface area contributed by atoms with Gasteiger partial charge in [-0.15, -0.1) is 0 Å². The molecule has 13 heteroatoms. The number of aliphatic hydroxyl groups excluding tert-OH is 1. The molecule has 0 spiro atoms. The van der Waals surface area contributed by atoms with E-state index in [1.807, 2.05) is 41.3 Å². The van der Waals surface area contributed by atoms with Crippen LogP contribution >= 0.6 is 12.6 Å². The number of fused-ring (bicyclic) bond motifs is 5. The van der Waals surface area contributed by atoms with Gasteiger partial charge in [0.15, 0.2) is 23.0 Å². The zero-order chi connectivity index (χ0) is 46.9. The van der Waals surface area contributed by atoms with E-state index in [4.69, 9.17) is 31.6 Å². The number of hydrogen-bond acceptors (Lipinski definition) is 11. The largest absolute Gasteiger partial charge is 0.493 e. The third kappa shape index (κ3) is 8.01. The first-order chi connectivity index (χ1) is 32.3. The van der Waals surface area contributed by atoms with E-state index in [9.17, 15) is 14.7 Å². The highest BCUT2D eigenvalue weighted by Crippen LogP contribution is 2.57. The fourth-order valence-corrected chi connectivity index (χ4v) is 11.9. The van der Waals surface area contributed by atoms with Crippen molar-refractivity contribution in [2.24, 2.45) is 28.7 Å². The Morgan fingerprint density at radius 2 is 1.72 bits per heavy atom. The molecule has 3 heterocycles. The van der Waals surface area contributed by atoms with Crippen LogP contribution in [0.2, 0.25) is 0 Å². The van der Waals surface area contributed by atoms with Gasteiger partial charge >= 0.3 is 0 Å². The standard InChI is InChI=1S/C54H61N5O7S/c1-30-11-10-14-44-50(30)38-22-42-51(38)59(44)53(62)37-24-47(64-7)49(27-41(37)56-42)66-29-33-19-32(20-35(21-33)58(31(2)16-18-60)45-25-39(45)54(3,4)67)28-65-48-26-40(55-5)36(23-46(48)63-6)52(61)57-17-15-34-12-8-9-13-43(34)57/h8-14,19-21,23-24,26-27,30-31,38-39,42,45,50-51,56,60,67H,5,15-18,22,25,28-29H2,1-4,6-7H3/t30?,31?,38?,39?,42?,45?,50?,51-/m0/s1. The van der Waals surface area contributed by atoms with Crippen LogP contribution < -0.4 is 34.1 Å². The molecule has 4 aromatic carbocycles. The van der Waals surface area contributed by atoms with E-state index in [0.29, 0.717) is 76.4 Å². The van der Waals surface area contributed by atoms with Crippen molar-refractivity contribution in [2.75, 3.05) is 42.5 Å². The van der Waals surface area contributed by atoms with Gasteiger partial charge in [0.25, 0.3) is 11.8 Å². The number of methoxy groups -OCH3 is 2. The average molecular weight is 924 g/mol. The summed E-state index contributed by atoms with van der Waals surface area (Å²) in [7, 11) is 3.16. The Morgan fingerprint density at radius 3 is 2.40 bits per heavy atom. The predicted octanol–water partition coefficient (Wildman–Crippen LogP) is 9.42. The normalized spacial score (nSPS) is 24.4. The monoisotopic (exact) mass is 923 g/mol. The summed E-state index contributed by atoms with van der Waals surface area (Å²) >= 11 is 4.99. The maximum Gasteiger partial charge on any atom is 0.260 e. The fourth-order valence-electron chi connectivity index (χ4n) is 11.7. The van der Waals surface area contributed by atoms with Crippen LogP contribution in [-0.2, 0) is 19.6 Å². The molecule has 2 N–H and O–H groups in total. The third-order valence-electron chi connectivity index (χ3n) is 15.1. The van der Waals surface area contributed by atoms with E-state index in [1.165, 1.54) is 0 Å². The van der Waals surface area contributed by atoms with Gasteiger partial charge in [0.1, 0.15) is 13.2 Å². The number of ether oxygens (including phenoxy) is 4. The molecule has 2 saturated carbocycles. The molecule has 2 amide bonds. The first-order valence-corrected chi connectivity index (χ1v) is 24.1. The summed E-state index contributed by atoms with van der Waals surface area (Å²) in [5.41, 5.74) is 8.01. The van der Waals surface area contributed by atoms with Gasteiger partial charge in [0.05, 0.1) is 42.8 Å². The SMILES string of the molecule is C=Nc1cc(OCc2cc(COc3cc4c(cc3OC)C(=O)N3C5=CC=CC(C)C5C5CC(N4)[C@H]53)cc(N(C(C)CCO)C3CC3C(C)(C)S)c2)c(OC)cc1C(=O)N1CCc2ccccc21. The average Bonchev–Trinajstić information content (AvgIpc) is 3.94. The molecule has 8 atom stereocenters. The Labute approximate surface area is 399 Å². The smallest absolute Gasteiger partial charge is 0.260 e. The molecule has 3 aliphatic carbocycles. The van der Waals surface area contributed by atoms with E-state index in [1.54, 1.807) is 31.3 Å². The molecule has 0 aromatic heterocycles. The molecule has 0 bridgehead atoms. The van der Waals surface area contributed by atoms with Crippen LogP contribution in [0.4, 0.5) is 22.7 Å². The molecule has 3 fully saturated rings. The Bertz CT molecular complexity index is 2690. The zero-order valence-corrected chi connectivity index (χ0v) is 40.1. The molecule has 67 heavy (non-hydrogen) atoms. The molecular weight excluding hydrogens is 863 g/mol. The molecule has 0 radical (unpaired) electrons. The van der Waals surface area contributed by atoms with Crippen molar-refractivity contribution < 1.29 is 33.6 Å². The number of allylic oxidation sites excluding steroid dienone is 4. The van der Waals surface area contributed by atoms with Gasteiger partial charge in [0.2, 0.25) is 0 Å². The van der Waals surface area contributed by atoms with Crippen molar-refractivity contribution in [3.8, 4) is 23.0 Å². The van der Waals surface area contributed by atoms with Gasteiger partial charge in [-0.2, -0.15) is 12.6 Å². The number of para-hydroxylation sites is 1. The highest BCUT2D eigenvalue weighted by atomic mass is 32.1. The van der Waals surface area contributed by atoms with Gasteiger partial charge in [-0.1, -0.05) is 51.1 Å². The third-order valence-corrected chi connectivity index (χ3v) is 15.4. The number of aliphatic imine (C=N–C) groups is 1. The lowest BCUT2D eigenvalue weighted by Crippen LogP contribution is -2.55. The maximum absolute atomic E-state index is 14.4. The molecule has 7 unspecified atom stereocenters. The summed E-state index contributed by atoms with van der Waals surface area (Å²) in [5, 5.41) is 13.9. The lowest BCUT2D eigenvalue weighted by molar-refractivity contribution is 0.0646. The second kappa shape index (κ2) is 17.6. The summed E-state index contributed by atoms with van der Waals surface area (Å²) in [6.45, 7) is 13.5. The van der Waals surface area contributed by atoms with Crippen LogP contribution in [0.1, 0.15) is 84.4 Å². The fraction of sp³-hybridized carbons (Fsp3) is 0.426. The first kappa shape index (κ1) is 44.9. The number of nitrogens with zero attached hydrogens (tertiary/aromatic N) is 4. The zero-order valence-electron chi connectivity index (χ0n) is 39.2. The molecule has 350 valence electrons. The minimum absolute atomic E-state index is 0.00997. The topological polar surface area (TPSA) is 125 Å². The van der Waals surface area contributed by atoms with Crippen LogP contribution in [-0.4, -0.2) is 84.8 Å². The van der Waals surface area contributed by atoms with Crippen molar-refractivity contribution in [3.63, 3.8) is 0 Å². The van der Waals surface area contributed by atoms with Crippen molar-refractivity contribution in [2.45, 2.75) is 95.5 Å². The highest BCUT2D eigenvalue weighted by molar-refractivity contribution is 7.81. The lowest BCUT2D eigenvalue weighted by Gasteiger charge is -2.44. The molecular formula is C54H61N5O7S. The van der Waals surface area contributed by atoms with Crippen LogP contribution in [0.15, 0.2) is 95.6 Å². The van der Waals surface area contributed by atoms with Crippen LogP contribution in [0.5, 0.6) is 23.0 Å². The molecule has 1 saturated heterocycles. The summed E-state index contributed by atoms with van der Waals surface area (Å²) in [4.78, 5) is 39.0. The lowest BCUT2D eigenvalue weighted by atomic mass is 9.66. The van der Waals surface area contributed by atoms with Gasteiger partial charge in [-0.3, -0.25) is 14.6 Å². The Kier molecular flexibility index (Phi) is 11.8.